The Bertz CT molecular complexity index is 737. The van der Waals surface area contributed by atoms with Gasteiger partial charge in [0.25, 0.3) is 0 Å². The smallest absolute Gasteiger partial charge is 0.123 e. The second-order valence-corrected chi connectivity index (χ2v) is 6.91. The lowest BCUT2D eigenvalue weighted by atomic mass is 10.1. The standard InChI is InChI=1S/C21H26FNO3/c1-15-6-7-20(16(2)10-15)26-14-19(24)12-23-8-9-25-21(13-23)17-4-3-5-18(22)11-17/h3-7,10-11,19,21,24H,8-9,12-14H2,1-2H3. The van der Waals surface area contributed by atoms with Gasteiger partial charge in [-0.15, -0.1) is 0 Å². The molecule has 0 radical (unpaired) electrons. The molecule has 140 valence electrons. The number of ether oxygens (including phenoxy) is 2. The maximum absolute atomic E-state index is 13.4. The van der Waals surface area contributed by atoms with Gasteiger partial charge in [-0.25, -0.2) is 4.39 Å². The van der Waals surface area contributed by atoms with E-state index < -0.39 is 6.10 Å². The first kappa shape index (κ1) is 18.8. The molecular formula is C21H26FNO3. The molecule has 0 aromatic heterocycles. The van der Waals surface area contributed by atoms with Crippen molar-refractivity contribution < 1.29 is 19.0 Å². The normalized spacial score (nSPS) is 19.3. The summed E-state index contributed by atoms with van der Waals surface area (Å²) in [7, 11) is 0. The summed E-state index contributed by atoms with van der Waals surface area (Å²) in [6.45, 7) is 6.72. The molecule has 1 N–H and O–H groups in total. The van der Waals surface area contributed by atoms with E-state index >= 15 is 0 Å². The van der Waals surface area contributed by atoms with Crippen LogP contribution in [0.1, 0.15) is 22.8 Å². The van der Waals surface area contributed by atoms with Crippen LogP contribution in [0.15, 0.2) is 42.5 Å². The van der Waals surface area contributed by atoms with Crippen LogP contribution in [0.5, 0.6) is 5.75 Å². The first-order chi connectivity index (χ1) is 12.5. The lowest BCUT2D eigenvalue weighted by Gasteiger charge is -2.34. The van der Waals surface area contributed by atoms with Crippen molar-refractivity contribution in [1.82, 2.24) is 4.90 Å². The summed E-state index contributed by atoms with van der Waals surface area (Å²) in [5.41, 5.74) is 3.08. The van der Waals surface area contributed by atoms with Crippen molar-refractivity contribution in [2.75, 3.05) is 32.8 Å². The quantitative estimate of drug-likeness (QED) is 0.860. The zero-order chi connectivity index (χ0) is 18.5. The molecule has 1 saturated heterocycles. The first-order valence-corrected chi connectivity index (χ1v) is 8.99. The third-order valence-electron chi connectivity index (χ3n) is 4.60. The van der Waals surface area contributed by atoms with Crippen LogP contribution in [0.25, 0.3) is 0 Å². The Morgan fingerprint density at radius 2 is 2.12 bits per heavy atom. The highest BCUT2D eigenvalue weighted by atomic mass is 19.1. The summed E-state index contributed by atoms with van der Waals surface area (Å²) >= 11 is 0. The molecule has 0 saturated carbocycles. The number of nitrogens with zero attached hydrogens (tertiary/aromatic N) is 1. The third-order valence-corrected chi connectivity index (χ3v) is 4.60. The highest BCUT2D eigenvalue weighted by Crippen LogP contribution is 2.23. The molecule has 2 aromatic carbocycles. The molecule has 0 amide bonds. The van der Waals surface area contributed by atoms with E-state index in [0.717, 1.165) is 23.4 Å². The average Bonchev–Trinajstić information content (AvgIpc) is 2.61. The summed E-state index contributed by atoms with van der Waals surface area (Å²) in [6, 6.07) is 12.5. The monoisotopic (exact) mass is 359 g/mol. The number of hydrogen-bond acceptors (Lipinski definition) is 4. The minimum absolute atomic E-state index is 0.174. The topological polar surface area (TPSA) is 41.9 Å². The van der Waals surface area contributed by atoms with E-state index in [4.69, 9.17) is 9.47 Å². The van der Waals surface area contributed by atoms with E-state index in [0.29, 0.717) is 19.7 Å². The van der Waals surface area contributed by atoms with E-state index in [1.807, 2.05) is 32.0 Å². The Balaban J connectivity index is 1.51. The fraction of sp³-hybridized carbons (Fsp3) is 0.429. The Morgan fingerprint density at radius 1 is 1.27 bits per heavy atom. The van der Waals surface area contributed by atoms with Crippen LogP contribution in [0, 0.1) is 19.7 Å². The average molecular weight is 359 g/mol. The molecule has 1 aliphatic rings. The van der Waals surface area contributed by atoms with Crippen molar-refractivity contribution in [2.45, 2.75) is 26.1 Å². The second-order valence-electron chi connectivity index (χ2n) is 6.91. The molecule has 0 aliphatic carbocycles. The zero-order valence-electron chi connectivity index (χ0n) is 15.3. The molecule has 3 rings (SSSR count). The van der Waals surface area contributed by atoms with E-state index in [2.05, 4.69) is 11.0 Å². The highest BCUT2D eigenvalue weighted by Gasteiger charge is 2.24. The maximum atomic E-state index is 13.4. The number of hydrogen-bond donors (Lipinski definition) is 1. The van der Waals surface area contributed by atoms with Crippen molar-refractivity contribution >= 4 is 0 Å². The molecular weight excluding hydrogens is 333 g/mol. The molecule has 2 aromatic rings. The van der Waals surface area contributed by atoms with Gasteiger partial charge in [0.1, 0.15) is 24.3 Å². The number of aryl methyl sites for hydroxylation is 2. The van der Waals surface area contributed by atoms with Gasteiger partial charge in [-0.1, -0.05) is 29.8 Å². The number of β-amino-alcohol motifs (C(OH)–C–C–N with tert-alkyl or cyclic N) is 1. The lowest BCUT2D eigenvalue weighted by Crippen LogP contribution is -2.43. The number of halogens is 1. The summed E-state index contributed by atoms with van der Waals surface area (Å²) in [4.78, 5) is 2.13. The van der Waals surface area contributed by atoms with Crippen molar-refractivity contribution in [3.8, 4) is 5.75 Å². The van der Waals surface area contributed by atoms with Gasteiger partial charge in [-0.3, -0.25) is 4.90 Å². The number of morpholine rings is 1. The van der Waals surface area contributed by atoms with Crippen LogP contribution in [0.2, 0.25) is 0 Å². The van der Waals surface area contributed by atoms with Gasteiger partial charge >= 0.3 is 0 Å². The second kappa shape index (κ2) is 8.62. The number of aliphatic hydroxyl groups is 1. The minimum atomic E-state index is -0.595. The number of rotatable bonds is 6. The molecule has 1 aliphatic heterocycles. The fourth-order valence-electron chi connectivity index (χ4n) is 3.27. The van der Waals surface area contributed by atoms with Gasteiger partial charge in [-0.05, 0) is 43.2 Å². The van der Waals surface area contributed by atoms with Gasteiger partial charge in [0.05, 0.1) is 12.7 Å². The van der Waals surface area contributed by atoms with Crippen molar-refractivity contribution in [1.29, 1.82) is 0 Å². The predicted molar refractivity (Wildman–Crippen MR) is 99.0 cm³/mol. The largest absolute Gasteiger partial charge is 0.491 e. The Morgan fingerprint density at radius 3 is 2.88 bits per heavy atom. The van der Waals surface area contributed by atoms with Crippen LogP contribution >= 0.6 is 0 Å². The van der Waals surface area contributed by atoms with Crippen molar-refractivity contribution in [3.05, 3.63) is 65.0 Å². The number of benzene rings is 2. The molecule has 0 bridgehead atoms. The van der Waals surface area contributed by atoms with Crippen LogP contribution in [0.3, 0.4) is 0 Å². The maximum Gasteiger partial charge on any atom is 0.123 e. The summed E-state index contributed by atoms with van der Waals surface area (Å²) in [5, 5.41) is 10.3. The molecule has 5 heteroatoms. The van der Waals surface area contributed by atoms with Crippen LogP contribution in [-0.2, 0) is 4.74 Å². The molecule has 1 heterocycles. The van der Waals surface area contributed by atoms with E-state index in [-0.39, 0.29) is 18.5 Å². The van der Waals surface area contributed by atoms with Crippen LogP contribution in [0.4, 0.5) is 4.39 Å². The van der Waals surface area contributed by atoms with E-state index in [9.17, 15) is 9.50 Å². The fourth-order valence-corrected chi connectivity index (χ4v) is 3.27. The SMILES string of the molecule is Cc1ccc(OCC(O)CN2CCOC(c3cccc(F)c3)C2)c(C)c1. The van der Waals surface area contributed by atoms with E-state index in [1.165, 1.54) is 17.7 Å². The van der Waals surface area contributed by atoms with Gasteiger partial charge in [0.2, 0.25) is 0 Å². The molecule has 26 heavy (non-hydrogen) atoms. The molecule has 2 atom stereocenters. The van der Waals surface area contributed by atoms with Gasteiger partial charge in [-0.2, -0.15) is 0 Å². The van der Waals surface area contributed by atoms with E-state index in [1.54, 1.807) is 6.07 Å². The Labute approximate surface area is 154 Å². The molecule has 4 nitrogen and oxygen atoms in total. The summed E-state index contributed by atoms with van der Waals surface area (Å²) in [6.07, 6.45) is -0.770. The zero-order valence-corrected chi connectivity index (χ0v) is 15.3. The van der Waals surface area contributed by atoms with Crippen molar-refractivity contribution in [3.63, 3.8) is 0 Å². The molecule has 1 fully saturated rings. The van der Waals surface area contributed by atoms with Crippen LogP contribution < -0.4 is 4.74 Å². The third kappa shape index (κ3) is 5.04. The summed E-state index contributed by atoms with van der Waals surface area (Å²) in [5.74, 6) is 0.541. The lowest BCUT2D eigenvalue weighted by molar-refractivity contribution is -0.0460. The van der Waals surface area contributed by atoms with Gasteiger partial charge in [0.15, 0.2) is 0 Å². The number of aliphatic hydroxyl groups excluding tert-OH is 1. The predicted octanol–water partition coefficient (Wildman–Crippen LogP) is 3.26. The Kier molecular flexibility index (Phi) is 6.25. The molecule has 0 spiro atoms. The molecule has 2 unspecified atom stereocenters. The van der Waals surface area contributed by atoms with Gasteiger partial charge in [0, 0.05) is 19.6 Å². The summed E-state index contributed by atoms with van der Waals surface area (Å²) < 4.78 is 25.0. The van der Waals surface area contributed by atoms with Crippen molar-refractivity contribution in [2.24, 2.45) is 0 Å². The van der Waals surface area contributed by atoms with Crippen LogP contribution in [-0.4, -0.2) is 49.0 Å². The minimum Gasteiger partial charge on any atom is -0.491 e. The van der Waals surface area contributed by atoms with Gasteiger partial charge < -0.3 is 14.6 Å². The first-order valence-electron chi connectivity index (χ1n) is 8.99. The highest BCUT2D eigenvalue weighted by molar-refractivity contribution is 5.35. The Hall–Kier alpha value is -1.95.